The molecule has 0 saturated heterocycles. The Kier molecular flexibility index (Phi) is 5.43. The van der Waals surface area contributed by atoms with Crippen molar-refractivity contribution in [2.45, 2.75) is 19.5 Å². The van der Waals surface area contributed by atoms with E-state index in [0.29, 0.717) is 30.5 Å². The standard InChI is InChI=1S/C21H21N3O3S/c1-26-17-5-2-6-18(12-17)27-20-15(4-3-9-22-20)13-23-21(25)24-10-7-19-16(14-24)8-11-28-19/h2-6,8-9,11-12H,7,10,13-14H2,1H3,(H,23,25). The van der Waals surface area contributed by atoms with E-state index in [0.717, 1.165) is 18.5 Å². The minimum absolute atomic E-state index is 0.0759. The zero-order valence-corrected chi connectivity index (χ0v) is 16.4. The summed E-state index contributed by atoms with van der Waals surface area (Å²) in [5.41, 5.74) is 2.06. The van der Waals surface area contributed by atoms with Crippen LogP contribution in [0, 0.1) is 0 Å². The Labute approximate surface area is 167 Å². The molecule has 28 heavy (non-hydrogen) atoms. The van der Waals surface area contributed by atoms with Crippen molar-refractivity contribution >= 4 is 17.4 Å². The maximum atomic E-state index is 12.6. The Bertz CT molecular complexity index is 973. The molecule has 0 aliphatic carbocycles. The molecule has 3 aromatic rings. The van der Waals surface area contributed by atoms with Crippen molar-refractivity contribution in [1.29, 1.82) is 0 Å². The minimum Gasteiger partial charge on any atom is -0.497 e. The van der Waals surface area contributed by atoms with E-state index in [-0.39, 0.29) is 6.03 Å². The molecule has 0 radical (unpaired) electrons. The van der Waals surface area contributed by atoms with Gasteiger partial charge in [0.25, 0.3) is 0 Å². The highest BCUT2D eigenvalue weighted by Crippen LogP contribution is 2.27. The SMILES string of the molecule is COc1cccc(Oc2ncccc2CNC(=O)N2CCc3sccc3C2)c1. The number of aromatic nitrogens is 1. The Morgan fingerprint density at radius 3 is 3.04 bits per heavy atom. The third-order valence-corrected chi connectivity index (χ3v) is 5.65. The van der Waals surface area contributed by atoms with Crippen LogP contribution in [0.5, 0.6) is 17.4 Å². The number of nitrogens with one attached hydrogen (secondary N) is 1. The molecule has 7 heteroatoms. The van der Waals surface area contributed by atoms with E-state index in [2.05, 4.69) is 21.7 Å². The molecule has 1 aliphatic rings. The quantitative estimate of drug-likeness (QED) is 0.703. The molecule has 3 heterocycles. The van der Waals surface area contributed by atoms with E-state index < -0.39 is 0 Å². The number of carbonyl (C=O) groups excluding carboxylic acids is 1. The summed E-state index contributed by atoms with van der Waals surface area (Å²) < 4.78 is 11.1. The van der Waals surface area contributed by atoms with Crippen LogP contribution in [0.4, 0.5) is 4.79 Å². The lowest BCUT2D eigenvalue weighted by atomic mass is 10.1. The van der Waals surface area contributed by atoms with Crippen LogP contribution in [0.2, 0.25) is 0 Å². The predicted molar refractivity (Wildman–Crippen MR) is 108 cm³/mol. The number of amides is 2. The van der Waals surface area contributed by atoms with Gasteiger partial charge in [0.15, 0.2) is 0 Å². The summed E-state index contributed by atoms with van der Waals surface area (Å²) >= 11 is 1.76. The predicted octanol–water partition coefficient (Wildman–Crippen LogP) is 4.21. The average Bonchev–Trinajstić information content (AvgIpc) is 3.21. The van der Waals surface area contributed by atoms with Gasteiger partial charge >= 0.3 is 6.03 Å². The molecule has 0 spiro atoms. The maximum absolute atomic E-state index is 12.6. The number of urea groups is 1. The van der Waals surface area contributed by atoms with Crippen molar-refractivity contribution in [3.8, 4) is 17.4 Å². The molecule has 0 fully saturated rings. The molecular formula is C21H21N3O3S. The second-order valence-electron chi connectivity index (χ2n) is 6.45. The number of ether oxygens (including phenoxy) is 2. The summed E-state index contributed by atoms with van der Waals surface area (Å²) in [6.45, 7) is 1.74. The number of methoxy groups -OCH3 is 1. The van der Waals surface area contributed by atoms with Crippen LogP contribution in [0.25, 0.3) is 0 Å². The summed E-state index contributed by atoms with van der Waals surface area (Å²) in [4.78, 5) is 20.1. The number of pyridine rings is 1. The number of nitrogens with zero attached hydrogens (tertiary/aromatic N) is 2. The third-order valence-electron chi connectivity index (χ3n) is 4.63. The molecule has 0 unspecified atom stereocenters. The highest BCUT2D eigenvalue weighted by atomic mass is 32.1. The van der Waals surface area contributed by atoms with E-state index >= 15 is 0 Å². The zero-order chi connectivity index (χ0) is 19.3. The van der Waals surface area contributed by atoms with E-state index in [1.165, 1.54) is 10.4 Å². The van der Waals surface area contributed by atoms with Crippen molar-refractivity contribution in [3.63, 3.8) is 0 Å². The summed E-state index contributed by atoms with van der Waals surface area (Å²) in [6, 6.07) is 13.1. The molecule has 6 nitrogen and oxygen atoms in total. The topological polar surface area (TPSA) is 63.7 Å². The molecule has 1 N–H and O–H groups in total. The van der Waals surface area contributed by atoms with Gasteiger partial charge in [0, 0.05) is 42.3 Å². The van der Waals surface area contributed by atoms with Crippen LogP contribution in [0.1, 0.15) is 16.0 Å². The maximum Gasteiger partial charge on any atom is 0.317 e. The van der Waals surface area contributed by atoms with Gasteiger partial charge in [-0.15, -0.1) is 11.3 Å². The zero-order valence-electron chi connectivity index (χ0n) is 15.6. The lowest BCUT2D eigenvalue weighted by Crippen LogP contribution is -2.42. The molecule has 0 bridgehead atoms. The number of benzene rings is 1. The molecular weight excluding hydrogens is 374 g/mol. The van der Waals surface area contributed by atoms with Gasteiger partial charge in [0.05, 0.1) is 7.11 Å². The molecule has 2 amide bonds. The highest BCUT2D eigenvalue weighted by molar-refractivity contribution is 7.10. The number of fused-ring (bicyclic) bond motifs is 1. The summed E-state index contributed by atoms with van der Waals surface area (Å²) in [6.07, 6.45) is 2.58. The van der Waals surface area contributed by atoms with E-state index in [4.69, 9.17) is 9.47 Å². The monoisotopic (exact) mass is 395 g/mol. The minimum atomic E-state index is -0.0759. The van der Waals surface area contributed by atoms with E-state index in [1.807, 2.05) is 35.2 Å². The smallest absolute Gasteiger partial charge is 0.317 e. The van der Waals surface area contributed by atoms with Crippen LogP contribution >= 0.6 is 11.3 Å². The summed E-state index contributed by atoms with van der Waals surface area (Å²) in [7, 11) is 1.61. The van der Waals surface area contributed by atoms with Crippen LogP contribution in [0.15, 0.2) is 54.0 Å². The van der Waals surface area contributed by atoms with Crippen LogP contribution < -0.4 is 14.8 Å². The Hall–Kier alpha value is -3.06. The van der Waals surface area contributed by atoms with Crippen LogP contribution in [0.3, 0.4) is 0 Å². The average molecular weight is 395 g/mol. The van der Waals surface area contributed by atoms with E-state index in [1.54, 1.807) is 30.7 Å². The molecule has 1 aliphatic heterocycles. The summed E-state index contributed by atoms with van der Waals surface area (Å²) in [5.74, 6) is 1.81. The first-order valence-electron chi connectivity index (χ1n) is 9.07. The van der Waals surface area contributed by atoms with Crippen LogP contribution in [-0.2, 0) is 19.5 Å². The van der Waals surface area contributed by atoms with Crippen molar-refractivity contribution in [2.24, 2.45) is 0 Å². The second-order valence-corrected chi connectivity index (χ2v) is 7.45. The normalized spacial score (nSPS) is 13.0. The van der Waals surface area contributed by atoms with Gasteiger partial charge in [0.1, 0.15) is 11.5 Å². The van der Waals surface area contributed by atoms with Crippen molar-refractivity contribution < 1.29 is 14.3 Å². The lowest BCUT2D eigenvalue weighted by molar-refractivity contribution is 0.192. The van der Waals surface area contributed by atoms with Gasteiger partial charge in [0.2, 0.25) is 5.88 Å². The summed E-state index contributed by atoms with van der Waals surface area (Å²) in [5, 5.41) is 5.07. The number of rotatable bonds is 5. The highest BCUT2D eigenvalue weighted by Gasteiger charge is 2.21. The van der Waals surface area contributed by atoms with Crippen LogP contribution in [-0.4, -0.2) is 29.6 Å². The fourth-order valence-corrected chi connectivity index (χ4v) is 4.02. The molecule has 2 aromatic heterocycles. The fourth-order valence-electron chi connectivity index (χ4n) is 3.13. The molecule has 0 atom stereocenters. The fraction of sp³-hybridized carbons (Fsp3) is 0.238. The van der Waals surface area contributed by atoms with E-state index in [9.17, 15) is 4.79 Å². The van der Waals surface area contributed by atoms with Gasteiger partial charge in [-0.05, 0) is 41.6 Å². The molecule has 1 aromatic carbocycles. The Balaban J connectivity index is 1.40. The first kappa shape index (κ1) is 18.3. The second kappa shape index (κ2) is 8.31. The Morgan fingerprint density at radius 1 is 1.25 bits per heavy atom. The number of carbonyl (C=O) groups is 1. The van der Waals surface area contributed by atoms with Crippen molar-refractivity contribution in [2.75, 3.05) is 13.7 Å². The lowest BCUT2D eigenvalue weighted by Gasteiger charge is -2.27. The third kappa shape index (κ3) is 4.09. The molecule has 4 rings (SSSR count). The molecule has 0 saturated carbocycles. The van der Waals surface area contributed by atoms with Gasteiger partial charge in [-0.25, -0.2) is 9.78 Å². The first-order valence-corrected chi connectivity index (χ1v) is 9.95. The number of hydrogen-bond donors (Lipinski definition) is 1. The largest absolute Gasteiger partial charge is 0.497 e. The van der Waals surface area contributed by atoms with Crippen molar-refractivity contribution in [1.82, 2.24) is 15.2 Å². The van der Waals surface area contributed by atoms with Gasteiger partial charge in [-0.1, -0.05) is 12.1 Å². The molecule has 144 valence electrons. The van der Waals surface area contributed by atoms with Crippen molar-refractivity contribution in [3.05, 3.63) is 70.0 Å². The number of thiophene rings is 1. The first-order chi connectivity index (χ1) is 13.7. The van der Waals surface area contributed by atoms with Gasteiger partial charge in [-0.2, -0.15) is 0 Å². The number of hydrogen-bond acceptors (Lipinski definition) is 5. The van der Waals surface area contributed by atoms with Gasteiger partial charge in [-0.3, -0.25) is 0 Å². The van der Waals surface area contributed by atoms with Gasteiger partial charge < -0.3 is 19.7 Å². The Morgan fingerprint density at radius 2 is 2.14 bits per heavy atom.